The van der Waals surface area contributed by atoms with Gasteiger partial charge in [0.25, 0.3) is 0 Å². The molecule has 1 aliphatic rings. The molecule has 2 rings (SSSR count). The molecule has 1 fully saturated rings. The molecule has 0 aromatic carbocycles. The Balaban J connectivity index is 1.95. The van der Waals surface area contributed by atoms with Crippen LogP contribution in [0.1, 0.15) is 43.8 Å². The summed E-state index contributed by atoms with van der Waals surface area (Å²) in [5, 5.41) is 2.92. The highest BCUT2D eigenvalue weighted by molar-refractivity contribution is 5.13. The Morgan fingerprint density at radius 3 is 2.56 bits per heavy atom. The predicted octanol–water partition coefficient (Wildman–Crippen LogP) is 2.08. The van der Waals surface area contributed by atoms with Crippen LogP contribution in [0.5, 0.6) is 5.75 Å². The van der Waals surface area contributed by atoms with Gasteiger partial charge in [0.2, 0.25) is 0 Å². The lowest BCUT2D eigenvalue weighted by molar-refractivity contribution is 0.292. The lowest BCUT2D eigenvalue weighted by Gasteiger charge is -2.19. The first-order chi connectivity index (χ1) is 7.90. The fourth-order valence-corrected chi connectivity index (χ4v) is 2.13. The van der Waals surface area contributed by atoms with Gasteiger partial charge in [-0.1, -0.05) is 19.3 Å². The third kappa shape index (κ3) is 2.92. The predicted molar refractivity (Wildman–Crippen MR) is 62.4 cm³/mol. The minimum atomic E-state index is 0.492. The van der Waals surface area contributed by atoms with E-state index in [1.807, 2.05) is 7.05 Å². The van der Waals surface area contributed by atoms with Crippen LogP contribution >= 0.6 is 0 Å². The van der Waals surface area contributed by atoms with E-state index >= 15 is 0 Å². The van der Waals surface area contributed by atoms with Crippen molar-refractivity contribution in [1.29, 1.82) is 0 Å². The molecule has 1 aliphatic carbocycles. The van der Waals surface area contributed by atoms with Crippen molar-refractivity contribution in [2.45, 2.75) is 38.0 Å². The van der Waals surface area contributed by atoms with E-state index in [1.165, 1.54) is 32.1 Å². The van der Waals surface area contributed by atoms with E-state index in [2.05, 4.69) is 15.3 Å². The number of aromatic nitrogens is 2. The Morgan fingerprint density at radius 2 is 1.94 bits per heavy atom. The molecule has 16 heavy (non-hydrogen) atoms. The van der Waals surface area contributed by atoms with E-state index in [-0.39, 0.29) is 0 Å². The van der Waals surface area contributed by atoms with Crippen molar-refractivity contribution in [1.82, 2.24) is 15.3 Å². The van der Waals surface area contributed by atoms with Gasteiger partial charge in [0.05, 0.1) is 12.4 Å². The van der Waals surface area contributed by atoms with E-state index in [0.29, 0.717) is 12.6 Å². The Labute approximate surface area is 96.4 Å². The number of hydrogen-bond acceptors (Lipinski definition) is 4. The van der Waals surface area contributed by atoms with Crippen molar-refractivity contribution < 1.29 is 4.74 Å². The molecule has 0 bridgehead atoms. The van der Waals surface area contributed by atoms with E-state index in [0.717, 1.165) is 11.6 Å². The van der Waals surface area contributed by atoms with Crippen molar-refractivity contribution >= 4 is 0 Å². The second-order valence-electron chi connectivity index (χ2n) is 4.25. The average molecular weight is 221 g/mol. The van der Waals surface area contributed by atoms with Crippen molar-refractivity contribution in [2.75, 3.05) is 13.8 Å². The SMILES string of the molecule is CNCOc1cnc(C2CCCCC2)nc1. The second kappa shape index (κ2) is 5.80. The minimum absolute atomic E-state index is 0.492. The quantitative estimate of drug-likeness (QED) is 0.791. The van der Waals surface area contributed by atoms with Crippen LogP contribution in [0.4, 0.5) is 0 Å². The molecule has 0 amide bonds. The van der Waals surface area contributed by atoms with Crippen LogP contribution in [-0.2, 0) is 0 Å². The molecule has 0 radical (unpaired) electrons. The zero-order valence-corrected chi connectivity index (χ0v) is 9.78. The van der Waals surface area contributed by atoms with Crippen LogP contribution in [0, 0.1) is 0 Å². The fourth-order valence-electron chi connectivity index (χ4n) is 2.13. The van der Waals surface area contributed by atoms with Crippen LogP contribution in [0.15, 0.2) is 12.4 Å². The molecule has 1 heterocycles. The maximum atomic E-state index is 5.36. The van der Waals surface area contributed by atoms with Crippen LogP contribution in [0.2, 0.25) is 0 Å². The fraction of sp³-hybridized carbons (Fsp3) is 0.667. The van der Waals surface area contributed by atoms with Gasteiger partial charge in [-0.15, -0.1) is 0 Å². The van der Waals surface area contributed by atoms with Gasteiger partial charge in [0, 0.05) is 5.92 Å². The van der Waals surface area contributed by atoms with Crippen LogP contribution in [-0.4, -0.2) is 23.7 Å². The molecule has 0 atom stereocenters. The molecule has 1 saturated carbocycles. The first-order valence-corrected chi connectivity index (χ1v) is 5.99. The zero-order valence-electron chi connectivity index (χ0n) is 9.78. The number of nitrogens with one attached hydrogen (secondary N) is 1. The number of nitrogens with zero attached hydrogens (tertiary/aromatic N) is 2. The summed E-state index contributed by atoms with van der Waals surface area (Å²) in [6.07, 6.45) is 9.99. The van der Waals surface area contributed by atoms with Gasteiger partial charge in [-0.25, -0.2) is 9.97 Å². The maximum Gasteiger partial charge on any atom is 0.157 e. The average Bonchev–Trinajstić information content (AvgIpc) is 2.38. The summed E-state index contributed by atoms with van der Waals surface area (Å²) >= 11 is 0. The molecule has 0 unspecified atom stereocenters. The standard InChI is InChI=1S/C12H19N3O/c1-13-9-16-11-7-14-12(15-8-11)10-5-3-2-4-6-10/h7-8,10,13H,2-6,9H2,1H3. The highest BCUT2D eigenvalue weighted by Gasteiger charge is 2.17. The molecule has 0 aliphatic heterocycles. The monoisotopic (exact) mass is 221 g/mol. The first-order valence-electron chi connectivity index (χ1n) is 5.99. The lowest BCUT2D eigenvalue weighted by atomic mass is 9.89. The van der Waals surface area contributed by atoms with Gasteiger partial charge in [-0.2, -0.15) is 0 Å². The third-order valence-corrected chi connectivity index (χ3v) is 3.00. The van der Waals surface area contributed by atoms with E-state index in [4.69, 9.17) is 4.74 Å². The van der Waals surface area contributed by atoms with Gasteiger partial charge in [0.1, 0.15) is 12.6 Å². The Hall–Kier alpha value is -1.16. The molecule has 4 nitrogen and oxygen atoms in total. The second-order valence-corrected chi connectivity index (χ2v) is 4.25. The van der Waals surface area contributed by atoms with Crippen molar-refractivity contribution in [3.05, 3.63) is 18.2 Å². The number of hydrogen-bond donors (Lipinski definition) is 1. The first kappa shape index (κ1) is 11.3. The lowest BCUT2D eigenvalue weighted by Crippen LogP contribution is -2.15. The van der Waals surface area contributed by atoms with Gasteiger partial charge in [-0.05, 0) is 19.9 Å². The van der Waals surface area contributed by atoms with Crippen LogP contribution in [0.25, 0.3) is 0 Å². The number of rotatable bonds is 4. The summed E-state index contributed by atoms with van der Waals surface area (Å²) in [6, 6.07) is 0. The topological polar surface area (TPSA) is 47.0 Å². The molecule has 0 saturated heterocycles. The molecule has 1 N–H and O–H groups in total. The summed E-state index contributed by atoms with van der Waals surface area (Å²) in [5.41, 5.74) is 0. The zero-order chi connectivity index (χ0) is 11.2. The summed E-state index contributed by atoms with van der Waals surface area (Å²) in [7, 11) is 1.84. The summed E-state index contributed by atoms with van der Waals surface area (Å²) < 4.78 is 5.36. The molecule has 1 aromatic rings. The largest absolute Gasteiger partial charge is 0.475 e. The molecule has 4 heteroatoms. The van der Waals surface area contributed by atoms with Crippen molar-refractivity contribution in [3.8, 4) is 5.75 Å². The third-order valence-electron chi connectivity index (χ3n) is 3.00. The van der Waals surface area contributed by atoms with Crippen molar-refractivity contribution in [3.63, 3.8) is 0 Å². The van der Waals surface area contributed by atoms with E-state index in [1.54, 1.807) is 12.4 Å². The van der Waals surface area contributed by atoms with Gasteiger partial charge < -0.3 is 4.74 Å². The van der Waals surface area contributed by atoms with Crippen molar-refractivity contribution in [2.24, 2.45) is 0 Å². The van der Waals surface area contributed by atoms with Crippen LogP contribution in [0.3, 0.4) is 0 Å². The Kier molecular flexibility index (Phi) is 4.10. The molecule has 1 aromatic heterocycles. The van der Waals surface area contributed by atoms with Crippen LogP contribution < -0.4 is 10.1 Å². The highest BCUT2D eigenvalue weighted by atomic mass is 16.5. The normalized spacial score (nSPS) is 17.3. The molecular weight excluding hydrogens is 202 g/mol. The summed E-state index contributed by atoms with van der Waals surface area (Å²) in [5.74, 6) is 2.28. The maximum absolute atomic E-state index is 5.36. The summed E-state index contributed by atoms with van der Waals surface area (Å²) in [4.78, 5) is 8.78. The Morgan fingerprint density at radius 1 is 1.25 bits per heavy atom. The Bertz CT molecular complexity index is 307. The van der Waals surface area contributed by atoms with Gasteiger partial charge >= 0.3 is 0 Å². The molecule has 88 valence electrons. The van der Waals surface area contributed by atoms with E-state index in [9.17, 15) is 0 Å². The minimum Gasteiger partial charge on any atom is -0.475 e. The smallest absolute Gasteiger partial charge is 0.157 e. The van der Waals surface area contributed by atoms with Gasteiger partial charge in [0.15, 0.2) is 5.75 Å². The highest BCUT2D eigenvalue weighted by Crippen LogP contribution is 2.30. The van der Waals surface area contributed by atoms with Gasteiger partial charge in [-0.3, -0.25) is 5.32 Å². The number of ether oxygens (including phenoxy) is 1. The molecule has 0 spiro atoms. The van der Waals surface area contributed by atoms with E-state index < -0.39 is 0 Å². The molecular formula is C12H19N3O. The summed E-state index contributed by atoms with van der Waals surface area (Å²) in [6.45, 7) is 0.492.